The van der Waals surface area contributed by atoms with Crippen molar-refractivity contribution in [2.45, 2.75) is 13.5 Å². The van der Waals surface area contributed by atoms with E-state index in [0.717, 1.165) is 29.0 Å². The van der Waals surface area contributed by atoms with Crippen molar-refractivity contribution in [3.63, 3.8) is 0 Å². The zero-order valence-electron chi connectivity index (χ0n) is 10.5. The minimum Gasteiger partial charge on any atom is -0.397 e. The first kappa shape index (κ1) is 12.0. The van der Waals surface area contributed by atoms with Crippen LogP contribution in [0.3, 0.4) is 0 Å². The minimum absolute atomic E-state index is 0.623. The summed E-state index contributed by atoms with van der Waals surface area (Å²) in [5, 5.41) is 0.704. The van der Waals surface area contributed by atoms with Crippen LogP contribution >= 0.6 is 11.6 Å². The Balaban J connectivity index is 2.33. The fraction of sp³-hybridized carbons (Fsp3) is 0.143. The van der Waals surface area contributed by atoms with E-state index in [-0.39, 0.29) is 0 Å². The van der Waals surface area contributed by atoms with Gasteiger partial charge in [-0.25, -0.2) is 4.98 Å². The molecule has 5 heteroatoms. The molecule has 0 fully saturated rings. The van der Waals surface area contributed by atoms with E-state index < -0.39 is 0 Å². The van der Waals surface area contributed by atoms with Gasteiger partial charge in [-0.3, -0.25) is 4.98 Å². The molecule has 4 nitrogen and oxygen atoms in total. The average molecular weight is 273 g/mol. The highest BCUT2D eigenvalue weighted by Crippen LogP contribution is 2.29. The summed E-state index contributed by atoms with van der Waals surface area (Å²) in [6.45, 7) is 2.85. The molecule has 2 N–H and O–H groups in total. The topological polar surface area (TPSA) is 56.7 Å². The molecule has 0 unspecified atom stereocenters. The first-order chi connectivity index (χ1) is 9.20. The predicted molar refractivity (Wildman–Crippen MR) is 78.1 cm³/mol. The van der Waals surface area contributed by atoms with Gasteiger partial charge in [-0.2, -0.15) is 0 Å². The normalized spacial score (nSPS) is 11.1. The Morgan fingerprint density at radius 1 is 1.32 bits per heavy atom. The number of aryl methyl sites for hydroxylation is 1. The third-order valence-corrected chi connectivity index (χ3v) is 3.36. The summed E-state index contributed by atoms with van der Waals surface area (Å²) in [7, 11) is 0. The summed E-state index contributed by atoms with van der Waals surface area (Å²) in [5.41, 5.74) is 9.14. The first-order valence-electron chi connectivity index (χ1n) is 6.06. The summed E-state index contributed by atoms with van der Waals surface area (Å²) in [6, 6.07) is 7.60. The maximum atomic E-state index is 6.27. The van der Waals surface area contributed by atoms with Gasteiger partial charge in [0.15, 0.2) is 0 Å². The molecule has 0 saturated heterocycles. The Kier molecular flexibility index (Phi) is 2.87. The maximum Gasteiger partial charge on any atom is 0.142 e. The number of hydrogen-bond donors (Lipinski definition) is 1. The number of pyridine rings is 1. The summed E-state index contributed by atoms with van der Waals surface area (Å²) < 4.78 is 2.08. The number of hydrogen-bond acceptors (Lipinski definition) is 3. The Morgan fingerprint density at radius 3 is 2.89 bits per heavy atom. The fourth-order valence-corrected chi connectivity index (χ4v) is 2.52. The number of benzene rings is 1. The van der Waals surface area contributed by atoms with E-state index in [1.54, 1.807) is 12.4 Å². The van der Waals surface area contributed by atoms with Gasteiger partial charge in [-0.15, -0.1) is 0 Å². The highest BCUT2D eigenvalue weighted by Gasteiger charge is 2.14. The van der Waals surface area contributed by atoms with Gasteiger partial charge in [0.2, 0.25) is 0 Å². The molecule has 1 aromatic carbocycles. The van der Waals surface area contributed by atoms with Gasteiger partial charge >= 0.3 is 0 Å². The van der Waals surface area contributed by atoms with Crippen molar-refractivity contribution in [2.75, 3.05) is 5.73 Å². The van der Waals surface area contributed by atoms with Crippen molar-refractivity contribution < 1.29 is 0 Å². The molecule has 0 radical (unpaired) electrons. The molecule has 3 rings (SSSR count). The number of fused-ring (bicyclic) bond motifs is 1. The second kappa shape index (κ2) is 4.55. The highest BCUT2D eigenvalue weighted by atomic mass is 35.5. The number of nitrogens with two attached hydrogens (primary N) is 1. The molecule has 3 aromatic rings. The zero-order chi connectivity index (χ0) is 13.4. The number of aromatic nitrogens is 3. The third-order valence-electron chi connectivity index (χ3n) is 3.05. The lowest BCUT2D eigenvalue weighted by atomic mass is 10.2. The Morgan fingerprint density at radius 2 is 2.16 bits per heavy atom. The van der Waals surface area contributed by atoms with E-state index in [1.807, 2.05) is 24.3 Å². The number of nitrogens with zero attached hydrogens (tertiary/aromatic N) is 3. The number of halogens is 1. The zero-order valence-corrected chi connectivity index (χ0v) is 11.2. The lowest BCUT2D eigenvalue weighted by Crippen LogP contribution is -1.99. The molecule has 0 aliphatic heterocycles. The van der Waals surface area contributed by atoms with E-state index in [0.29, 0.717) is 10.7 Å². The molecular weight excluding hydrogens is 260 g/mol. The van der Waals surface area contributed by atoms with Crippen LogP contribution in [0.4, 0.5) is 5.69 Å². The van der Waals surface area contributed by atoms with Crippen molar-refractivity contribution in [3.05, 3.63) is 41.7 Å². The summed E-state index contributed by atoms with van der Waals surface area (Å²) in [6.07, 6.45) is 3.38. The average Bonchev–Trinajstić information content (AvgIpc) is 2.78. The van der Waals surface area contributed by atoms with Crippen LogP contribution in [0.1, 0.15) is 6.92 Å². The molecule has 2 aromatic heterocycles. The smallest absolute Gasteiger partial charge is 0.142 e. The molecule has 19 heavy (non-hydrogen) atoms. The summed E-state index contributed by atoms with van der Waals surface area (Å²) >= 11 is 6.27. The van der Waals surface area contributed by atoms with Gasteiger partial charge in [0.25, 0.3) is 0 Å². The molecular formula is C14H13ClN4. The molecule has 0 bridgehead atoms. The Bertz CT molecular complexity index is 748. The molecule has 0 spiro atoms. The molecule has 0 atom stereocenters. The van der Waals surface area contributed by atoms with Gasteiger partial charge < -0.3 is 10.3 Å². The Hall–Kier alpha value is -2.07. The second-order valence-corrected chi connectivity index (χ2v) is 4.70. The highest BCUT2D eigenvalue weighted by molar-refractivity contribution is 6.35. The molecule has 0 amide bonds. The Labute approximate surface area is 115 Å². The van der Waals surface area contributed by atoms with Crippen molar-refractivity contribution in [1.82, 2.24) is 14.5 Å². The monoisotopic (exact) mass is 272 g/mol. The van der Waals surface area contributed by atoms with Crippen molar-refractivity contribution in [3.8, 4) is 11.4 Å². The van der Waals surface area contributed by atoms with Gasteiger partial charge in [-0.05, 0) is 25.1 Å². The van der Waals surface area contributed by atoms with Crippen molar-refractivity contribution >= 4 is 28.3 Å². The number of anilines is 1. The van der Waals surface area contributed by atoms with Crippen molar-refractivity contribution in [1.29, 1.82) is 0 Å². The second-order valence-electron chi connectivity index (χ2n) is 4.29. The number of imidazole rings is 1. The van der Waals surface area contributed by atoms with E-state index in [1.165, 1.54) is 0 Å². The van der Waals surface area contributed by atoms with Crippen LogP contribution in [0, 0.1) is 0 Å². The third kappa shape index (κ3) is 1.94. The largest absolute Gasteiger partial charge is 0.397 e. The molecule has 0 aliphatic carbocycles. The van der Waals surface area contributed by atoms with E-state index >= 15 is 0 Å². The lowest BCUT2D eigenvalue weighted by Gasteiger charge is -2.07. The lowest BCUT2D eigenvalue weighted by molar-refractivity contribution is 0.796. The van der Waals surface area contributed by atoms with Crippen LogP contribution in [0.15, 0.2) is 36.7 Å². The van der Waals surface area contributed by atoms with Crippen LogP contribution in [0.5, 0.6) is 0 Å². The van der Waals surface area contributed by atoms with Crippen LogP contribution in [0.2, 0.25) is 5.02 Å². The van der Waals surface area contributed by atoms with Gasteiger partial charge in [0.1, 0.15) is 5.82 Å². The molecule has 0 saturated carbocycles. The van der Waals surface area contributed by atoms with Gasteiger partial charge in [-0.1, -0.05) is 17.7 Å². The van der Waals surface area contributed by atoms with Crippen molar-refractivity contribution in [2.24, 2.45) is 0 Å². The molecule has 96 valence electrons. The minimum atomic E-state index is 0.623. The van der Waals surface area contributed by atoms with Gasteiger partial charge in [0.05, 0.1) is 21.7 Å². The molecule has 0 aliphatic rings. The van der Waals surface area contributed by atoms with Crippen LogP contribution < -0.4 is 5.73 Å². The number of para-hydroxylation sites is 1. The number of nitrogen functional groups attached to an aromatic ring is 1. The number of rotatable bonds is 2. The summed E-state index contributed by atoms with van der Waals surface area (Å²) in [5.74, 6) is 0.838. The van der Waals surface area contributed by atoms with E-state index in [9.17, 15) is 0 Å². The SMILES string of the molecule is CCn1c(-c2cncc(N)c2)nc2cccc(Cl)c21. The van der Waals surface area contributed by atoms with Crippen LogP contribution in [-0.4, -0.2) is 14.5 Å². The predicted octanol–water partition coefficient (Wildman–Crippen LogP) is 3.35. The quantitative estimate of drug-likeness (QED) is 0.778. The van der Waals surface area contributed by atoms with Crippen LogP contribution in [0.25, 0.3) is 22.4 Å². The summed E-state index contributed by atoms with van der Waals surface area (Å²) in [4.78, 5) is 8.76. The first-order valence-corrected chi connectivity index (χ1v) is 6.44. The van der Waals surface area contributed by atoms with E-state index in [4.69, 9.17) is 17.3 Å². The van der Waals surface area contributed by atoms with Crippen LogP contribution in [-0.2, 0) is 6.54 Å². The fourth-order valence-electron chi connectivity index (χ4n) is 2.25. The maximum absolute atomic E-state index is 6.27. The van der Waals surface area contributed by atoms with E-state index in [2.05, 4.69) is 21.5 Å². The standard InChI is InChI=1S/C14H13ClN4/c1-2-19-13-11(15)4-3-5-12(13)18-14(19)9-6-10(16)8-17-7-9/h3-8H,2,16H2,1H3. The molecule has 2 heterocycles. The van der Waals surface area contributed by atoms with Gasteiger partial charge in [0, 0.05) is 24.5 Å².